The summed E-state index contributed by atoms with van der Waals surface area (Å²) in [5.74, 6) is 0.900. The molecule has 0 amide bonds. The maximum Gasteiger partial charge on any atom is 0.122 e. The van der Waals surface area contributed by atoms with Crippen molar-refractivity contribution in [3.63, 3.8) is 0 Å². The van der Waals surface area contributed by atoms with Gasteiger partial charge in [0.05, 0.1) is 18.6 Å². The molecule has 0 aliphatic heterocycles. The topological polar surface area (TPSA) is 33.0 Å². The second kappa shape index (κ2) is 3.75. The van der Waals surface area contributed by atoms with Crippen molar-refractivity contribution in [3.05, 3.63) is 29.3 Å². The summed E-state index contributed by atoms with van der Waals surface area (Å²) in [6, 6.07) is 8.80. The lowest BCUT2D eigenvalue weighted by Gasteiger charge is -2.58. The molecule has 3 rings (SSSR count). The minimum Gasteiger partial charge on any atom is -0.496 e. The van der Waals surface area contributed by atoms with Crippen LogP contribution in [0.1, 0.15) is 43.2 Å². The van der Waals surface area contributed by atoms with Gasteiger partial charge in [-0.1, -0.05) is 18.6 Å². The smallest absolute Gasteiger partial charge is 0.122 e. The zero-order valence-electron chi connectivity index (χ0n) is 11.1. The number of benzene rings is 1. The molecule has 2 aliphatic rings. The summed E-state index contributed by atoms with van der Waals surface area (Å²) in [5, 5.41) is 9.58. The fourth-order valence-corrected chi connectivity index (χ4v) is 3.72. The van der Waals surface area contributed by atoms with Crippen molar-refractivity contribution in [1.82, 2.24) is 0 Å². The first-order valence-electron chi connectivity index (χ1n) is 6.70. The Labute approximate surface area is 109 Å². The highest BCUT2D eigenvalue weighted by Gasteiger charge is 2.58. The lowest BCUT2D eigenvalue weighted by atomic mass is 9.44. The number of aryl methyl sites for hydroxylation is 1. The quantitative estimate of drug-likeness (QED) is 0.790. The molecule has 0 unspecified atom stereocenters. The van der Waals surface area contributed by atoms with Crippen molar-refractivity contribution in [1.29, 1.82) is 5.26 Å². The Morgan fingerprint density at radius 1 is 1.28 bits per heavy atom. The van der Waals surface area contributed by atoms with Crippen LogP contribution in [0.15, 0.2) is 18.2 Å². The third-order valence-corrected chi connectivity index (χ3v) is 4.94. The molecule has 1 aromatic rings. The highest BCUT2D eigenvalue weighted by atomic mass is 16.5. The molecule has 2 aliphatic carbocycles. The van der Waals surface area contributed by atoms with Crippen molar-refractivity contribution in [2.45, 2.75) is 44.4 Å². The highest BCUT2D eigenvalue weighted by molar-refractivity contribution is 5.45. The molecule has 2 heteroatoms. The highest BCUT2D eigenvalue weighted by Crippen LogP contribution is 2.64. The number of hydrogen-bond acceptors (Lipinski definition) is 2. The van der Waals surface area contributed by atoms with Gasteiger partial charge in [-0.05, 0) is 55.2 Å². The Kier molecular flexibility index (Phi) is 2.41. The average molecular weight is 241 g/mol. The first-order chi connectivity index (χ1) is 8.63. The number of nitrogens with zero attached hydrogens (tertiary/aromatic N) is 1. The van der Waals surface area contributed by atoms with Crippen LogP contribution in [0.5, 0.6) is 5.75 Å². The third kappa shape index (κ3) is 1.47. The molecule has 1 aromatic carbocycles. The third-order valence-electron chi connectivity index (χ3n) is 4.94. The van der Waals surface area contributed by atoms with Crippen molar-refractivity contribution in [2.75, 3.05) is 7.11 Å². The number of nitriles is 1. The maximum atomic E-state index is 9.58. The zero-order chi connectivity index (χ0) is 12.8. The lowest BCUT2D eigenvalue weighted by Crippen LogP contribution is -2.52. The summed E-state index contributed by atoms with van der Waals surface area (Å²) in [6.45, 7) is 2.04. The van der Waals surface area contributed by atoms with E-state index in [1.165, 1.54) is 19.3 Å². The van der Waals surface area contributed by atoms with Crippen molar-refractivity contribution < 1.29 is 4.74 Å². The lowest BCUT2D eigenvalue weighted by molar-refractivity contribution is -0.0227. The summed E-state index contributed by atoms with van der Waals surface area (Å²) in [4.78, 5) is 0. The molecule has 18 heavy (non-hydrogen) atoms. The number of hydrogen-bond donors (Lipinski definition) is 0. The molecule has 0 radical (unpaired) electrons. The predicted octanol–water partition coefficient (Wildman–Crippen LogP) is 3.73. The van der Waals surface area contributed by atoms with Crippen LogP contribution >= 0.6 is 0 Å². The summed E-state index contributed by atoms with van der Waals surface area (Å²) in [5.41, 5.74) is 2.53. The van der Waals surface area contributed by atoms with Gasteiger partial charge in [-0.2, -0.15) is 5.26 Å². The molecular weight excluding hydrogens is 222 g/mol. The van der Waals surface area contributed by atoms with E-state index in [0.717, 1.165) is 29.7 Å². The largest absolute Gasteiger partial charge is 0.496 e. The molecule has 0 aromatic heterocycles. The van der Waals surface area contributed by atoms with Gasteiger partial charge in [0, 0.05) is 0 Å². The van der Waals surface area contributed by atoms with Gasteiger partial charge in [-0.3, -0.25) is 0 Å². The fourth-order valence-electron chi connectivity index (χ4n) is 3.72. The molecule has 94 valence electrons. The first-order valence-corrected chi connectivity index (χ1v) is 6.70. The molecule has 0 saturated heterocycles. The van der Waals surface area contributed by atoms with Crippen LogP contribution in [0.3, 0.4) is 0 Å². The average Bonchev–Trinajstić information content (AvgIpc) is 2.28. The number of rotatable bonds is 2. The Morgan fingerprint density at radius 2 is 2.00 bits per heavy atom. The van der Waals surface area contributed by atoms with Gasteiger partial charge in [0.1, 0.15) is 5.75 Å². The Morgan fingerprint density at radius 3 is 2.50 bits per heavy atom. The summed E-state index contributed by atoms with van der Waals surface area (Å²) in [7, 11) is 1.69. The van der Waals surface area contributed by atoms with Crippen molar-refractivity contribution in [3.8, 4) is 11.8 Å². The standard InChI is InChI=1S/C16H19NO/c1-12-4-5-13(8-14(12)18-2)16(11-17)9-15(10-16)6-3-7-15/h4-5,8H,3,6-7,9-10H2,1-2H3. The van der Waals surface area contributed by atoms with E-state index in [4.69, 9.17) is 4.74 Å². The second-order valence-corrected chi connectivity index (χ2v) is 6.09. The minimum absolute atomic E-state index is 0.249. The van der Waals surface area contributed by atoms with Gasteiger partial charge in [0.15, 0.2) is 0 Å². The number of methoxy groups -OCH3 is 1. The van der Waals surface area contributed by atoms with Gasteiger partial charge in [-0.25, -0.2) is 0 Å². The molecule has 2 saturated carbocycles. The monoisotopic (exact) mass is 241 g/mol. The SMILES string of the molecule is COc1cc(C2(C#N)CC3(CCC3)C2)ccc1C. The first kappa shape index (κ1) is 11.6. The van der Waals surface area contributed by atoms with Crippen molar-refractivity contribution >= 4 is 0 Å². The fraction of sp³-hybridized carbons (Fsp3) is 0.562. The van der Waals surface area contributed by atoms with Crippen molar-refractivity contribution in [2.24, 2.45) is 5.41 Å². The van der Waals surface area contributed by atoms with E-state index < -0.39 is 0 Å². The molecule has 2 fully saturated rings. The molecular formula is C16H19NO. The van der Waals surface area contributed by atoms with E-state index in [-0.39, 0.29) is 5.41 Å². The van der Waals surface area contributed by atoms with Crippen LogP contribution in [0, 0.1) is 23.7 Å². The van der Waals surface area contributed by atoms with E-state index in [1.54, 1.807) is 7.11 Å². The van der Waals surface area contributed by atoms with Crippen LogP contribution in [0.2, 0.25) is 0 Å². The van der Waals surface area contributed by atoms with Crippen LogP contribution in [-0.2, 0) is 5.41 Å². The Hall–Kier alpha value is -1.49. The van der Waals surface area contributed by atoms with Crippen LogP contribution < -0.4 is 4.74 Å². The molecule has 0 bridgehead atoms. The molecule has 0 heterocycles. The zero-order valence-corrected chi connectivity index (χ0v) is 11.1. The maximum absolute atomic E-state index is 9.58. The normalized spacial score (nSPS) is 22.7. The van der Waals surface area contributed by atoms with Gasteiger partial charge in [0.2, 0.25) is 0 Å². The van der Waals surface area contributed by atoms with Crippen LogP contribution in [-0.4, -0.2) is 7.11 Å². The Bertz CT molecular complexity index is 514. The second-order valence-electron chi connectivity index (χ2n) is 6.09. The molecule has 0 N–H and O–H groups in total. The summed E-state index contributed by atoms with van der Waals surface area (Å²) in [6.07, 6.45) is 6.07. The minimum atomic E-state index is -0.249. The predicted molar refractivity (Wildman–Crippen MR) is 70.5 cm³/mol. The van der Waals surface area contributed by atoms with Gasteiger partial charge in [0.25, 0.3) is 0 Å². The van der Waals surface area contributed by atoms with E-state index in [9.17, 15) is 5.26 Å². The Balaban J connectivity index is 1.92. The number of ether oxygens (including phenoxy) is 1. The van der Waals surface area contributed by atoms with E-state index in [1.807, 2.05) is 6.92 Å². The van der Waals surface area contributed by atoms with Crippen LogP contribution in [0.25, 0.3) is 0 Å². The molecule has 0 atom stereocenters. The van der Waals surface area contributed by atoms with Gasteiger partial charge >= 0.3 is 0 Å². The molecule has 1 spiro atoms. The van der Waals surface area contributed by atoms with Crippen LogP contribution in [0.4, 0.5) is 0 Å². The van der Waals surface area contributed by atoms with E-state index in [0.29, 0.717) is 5.41 Å². The summed E-state index contributed by atoms with van der Waals surface area (Å²) >= 11 is 0. The van der Waals surface area contributed by atoms with E-state index in [2.05, 4.69) is 24.3 Å². The van der Waals surface area contributed by atoms with Gasteiger partial charge < -0.3 is 4.74 Å². The van der Waals surface area contributed by atoms with Gasteiger partial charge in [-0.15, -0.1) is 0 Å². The molecule has 2 nitrogen and oxygen atoms in total. The van der Waals surface area contributed by atoms with E-state index >= 15 is 0 Å². The summed E-state index contributed by atoms with van der Waals surface area (Å²) < 4.78 is 5.38.